The summed E-state index contributed by atoms with van der Waals surface area (Å²) in [6.45, 7) is 7.34. The Morgan fingerprint density at radius 1 is 1.09 bits per heavy atom. The normalized spacial score (nSPS) is 16.4. The van der Waals surface area contributed by atoms with Crippen LogP contribution in [-0.2, 0) is 4.79 Å². The molecular formula is C24H30N6O3. The summed E-state index contributed by atoms with van der Waals surface area (Å²) in [5.41, 5.74) is 1.84. The third-order valence-electron chi connectivity index (χ3n) is 6.52. The molecule has 0 aliphatic carbocycles. The number of anilines is 1. The van der Waals surface area contributed by atoms with Crippen molar-refractivity contribution in [1.82, 2.24) is 24.5 Å². The second-order valence-corrected chi connectivity index (χ2v) is 8.58. The van der Waals surface area contributed by atoms with Gasteiger partial charge in [-0.15, -0.1) is 5.10 Å². The lowest BCUT2D eigenvalue weighted by atomic mass is 9.97. The summed E-state index contributed by atoms with van der Waals surface area (Å²) in [6.07, 6.45) is 5.86. The van der Waals surface area contributed by atoms with Gasteiger partial charge in [-0.3, -0.25) is 4.79 Å². The van der Waals surface area contributed by atoms with Gasteiger partial charge in [0, 0.05) is 43.9 Å². The first-order valence-electron chi connectivity index (χ1n) is 11.8. The van der Waals surface area contributed by atoms with Gasteiger partial charge in [0.15, 0.2) is 11.5 Å². The molecule has 3 aromatic rings. The summed E-state index contributed by atoms with van der Waals surface area (Å²) < 4.78 is 12.7. The minimum Gasteiger partial charge on any atom is -0.454 e. The monoisotopic (exact) mass is 450 g/mol. The molecule has 0 N–H and O–H groups in total. The number of hydrogen-bond donors (Lipinski definition) is 0. The van der Waals surface area contributed by atoms with Crippen LogP contribution in [0.4, 0.5) is 5.95 Å². The number of piperazine rings is 1. The maximum atomic E-state index is 12.9. The molecule has 4 heterocycles. The molecule has 2 aromatic heterocycles. The standard InChI is InChI=1S/C24H30N6O3/c1-3-5-6-17(4-2)22(31)28-11-13-29(14-12-28)24-26-23-25-10-9-19(30(23)27-24)18-7-8-20-21(15-18)33-16-32-20/h7-10,15,17H,3-6,11-14,16H2,1-2H3/t17-/m0/s1. The molecule has 9 heteroatoms. The smallest absolute Gasteiger partial charge is 0.254 e. The largest absolute Gasteiger partial charge is 0.454 e. The van der Waals surface area contributed by atoms with Gasteiger partial charge in [0.2, 0.25) is 18.6 Å². The number of nitrogens with zero attached hydrogens (tertiary/aromatic N) is 6. The Labute approximate surface area is 193 Å². The Morgan fingerprint density at radius 2 is 1.91 bits per heavy atom. The first-order valence-corrected chi connectivity index (χ1v) is 11.8. The van der Waals surface area contributed by atoms with Crippen LogP contribution >= 0.6 is 0 Å². The van der Waals surface area contributed by atoms with E-state index in [0.29, 0.717) is 43.8 Å². The molecule has 1 fully saturated rings. The number of rotatable bonds is 7. The summed E-state index contributed by atoms with van der Waals surface area (Å²) in [4.78, 5) is 26.2. The fourth-order valence-corrected chi connectivity index (χ4v) is 4.53. The highest BCUT2D eigenvalue weighted by molar-refractivity contribution is 5.79. The van der Waals surface area contributed by atoms with E-state index in [9.17, 15) is 4.79 Å². The first-order chi connectivity index (χ1) is 16.2. The van der Waals surface area contributed by atoms with E-state index in [1.54, 1.807) is 10.7 Å². The molecule has 1 amide bonds. The second kappa shape index (κ2) is 9.25. The molecule has 1 saturated heterocycles. The van der Waals surface area contributed by atoms with E-state index in [2.05, 4.69) is 28.7 Å². The van der Waals surface area contributed by atoms with Crippen LogP contribution in [0.3, 0.4) is 0 Å². The van der Waals surface area contributed by atoms with Crippen LogP contribution in [-0.4, -0.2) is 63.4 Å². The van der Waals surface area contributed by atoms with Crippen molar-refractivity contribution in [2.24, 2.45) is 5.92 Å². The highest BCUT2D eigenvalue weighted by Crippen LogP contribution is 2.35. The van der Waals surface area contributed by atoms with Crippen molar-refractivity contribution >= 4 is 17.6 Å². The second-order valence-electron chi connectivity index (χ2n) is 8.58. The molecule has 2 aliphatic heterocycles. The van der Waals surface area contributed by atoms with Crippen LogP contribution < -0.4 is 14.4 Å². The van der Waals surface area contributed by atoms with E-state index in [-0.39, 0.29) is 12.7 Å². The van der Waals surface area contributed by atoms with Crippen molar-refractivity contribution in [2.75, 3.05) is 37.9 Å². The molecule has 33 heavy (non-hydrogen) atoms. The quantitative estimate of drug-likeness (QED) is 0.545. The molecule has 0 saturated carbocycles. The van der Waals surface area contributed by atoms with Crippen molar-refractivity contribution in [3.8, 4) is 22.8 Å². The van der Waals surface area contributed by atoms with Gasteiger partial charge in [0.25, 0.3) is 5.78 Å². The van der Waals surface area contributed by atoms with Crippen LogP contribution in [0.2, 0.25) is 0 Å². The first kappa shape index (κ1) is 21.5. The summed E-state index contributed by atoms with van der Waals surface area (Å²) in [6, 6.07) is 7.76. The third-order valence-corrected chi connectivity index (χ3v) is 6.52. The number of carbonyl (C=O) groups is 1. The fraction of sp³-hybridized carbons (Fsp3) is 0.500. The SMILES string of the molecule is CCCC[C@H](CC)C(=O)N1CCN(c2nc3nccc(-c4ccc5c(c4)OCO5)n3n2)CC1. The zero-order chi connectivity index (χ0) is 22.8. The van der Waals surface area contributed by atoms with Crippen LogP contribution in [0, 0.1) is 5.92 Å². The minimum atomic E-state index is 0.137. The van der Waals surface area contributed by atoms with Crippen molar-refractivity contribution in [3.05, 3.63) is 30.5 Å². The highest BCUT2D eigenvalue weighted by atomic mass is 16.7. The fourth-order valence-electron chi connectivity index (χ4n) is 4.53. The minimum absolute atomic E-state index is 0.137. The van der Waals surface area contributed by atoms with Crippen molar-refractivity contribution in [1.29, 1.82) is 0 Å². The topological polar surface area (TPSA) is 85.1 Å². The van der Waals surface area contributed by atoms with Gasteiger partial charge in [0.1, 0.15) is 0 Å². The number of amides is 1. The number of unbranched alkanes of at least 4 members (excludes halogenated alkanes) is 1. The molecule has 0 bridgehead atoms. The van der Waals surface area contributed by atoms with Gasteiger partial charge < -0.3 is 19.3 Å². The Hall–Kier alpha value is -3.36. The number of fused-ring (bicyclic) bond motifs is 2. The van der Waals surface area contributed by atoms with Gasteiger partial charge in [-0.05, 0) is 37.1 Å². The van der Waals surface area contributed by atoms with Crippen LogP contribution in [0.15, 0.2) is 30.5 Å². The molecule has 1 aromatic carbocycles. The van der Waals surface area contributed by atoms with Crippen molar-refractivity contribution < 1.29 is 14.3 Å². The van der Waals surface area contributed by atoms with Gasteiger partial charge in [-0.2, -0.15) is 9.50 Å². The van der Waals surface area contributed by atoms with Crippen molar-refractivity contribution in [3.63, 3.8) is 0 Å². The van der Waals surface area contributed by atoms with E-state index < -0.39 is 0 Å². The number of aromatic nitrogens is 4. The highest BCUT2D eigenvalue weighted by Gasteiger charge is 2.28. The number of ether oxygens (including phenoxy) is 2. The number of hydrogen-bond acceptors (Lipinski definition) is 7. The predicted octanol–water partition coefficient (Wildman–Crippen LogP) is 3.39. The lowest BCUT2D eigenvalue weighted by Crippen LogP contribution is -2.50. The van der Waals surface area contributed by atoms with Crippen LogP contribution in [0.1, 0.15) is 39.5 Å². The van der Waals surface area contributed by atoms with Crippen LogP contribution in [0.5, 0.6) is 11.5 Å². The maximum absolute atomic E-state index is 12.9. The number of benzene rings is 1. The zero-order valence-corrected chi connectivity index (χ0v) is 19.2. The average molecular weight is 451 g/mol. The lowest BCUT2D eigenvalue weighted by Gasteiger charge is -2.35. The molecule has 1 atom stereocenters. The van der Waals surface area contributed by atoms with Gasteiger partial charge in [0.05, 0.1) is 5.69 Å². The Kier molecular flexibility index (Phi) is 6.02. The maximum Gasteiger partial charge on any atom is 0.254 e. The Bertz CT molecular complexity index is 1140. The third kappa shape index (κ3) is 4.19. The predicted molar refractivity (Wildman–Crippen MR) is 124 cm³/mol. The van der Waals surface area contributed by atoms with Gasteiger partial charge >= 0.3 is 0 Å². The van der Waals surface area contributed by atoms with E-state index in [1.165, 1.54) is 0 Å². The van der Waals surface area contributed by atoms with Gasteiger partial charge in [-0.25, -0.2) is 4.98 Å². The summed E-state index contributed by atoms with van der Waals surface area (Å²) in [7, 11) is 0. The molecule has 9 nitrogen and oxygen atoms in total. The van der Waals surface area contributed by atoms with Crippen molar-refractivity contribution in [2.45, 2.75) is 39.5 Å². The van der Waals surface area contributed by atoms with Crippen LogP contribution in [0.25, 0.3) is 17.0 Å². The molecule has 0 unspecified atom stereocenters. The molecule has 174 valence electrons. The van der Waals surface area contributed by atoms with E-state index in [4.69, 9.17) is 14.6 Å². The van der Waals surface area contributed by atoms with E-state index in [1.807, 2.05) is 29.2 Å². The molecule has 0 radical (unpaired) electrons. The lowest BCUT2D eigenvalue weighted by molar-refractivity contribution is -0.136. The summed E-state index contributed by atoms with van der Waals surface area (Å²) in [5, 5.41) is 4.76. The Morgan fingerprint density at radius 3 is 2.70 bits per heavy atom. The van der Waals surface area contributed by atoms with E-state index in [0.717, 1.165) is 48.4 Å². The molecule has 0 spiro atoms. The van der Waals surface area contributed by atoms with Gasteiger partial charge in [-0.1, -0.05) is 26.7 Å². The Balaban J connectivity index is 1.32. The van der Waals surface area contributed by atoms with E-state index >= 15 is 0 Å². The average Bonchev–Trinajstić information content (AvgIpc) is 3.51. The molecule has 2 aliphatic rings. The number of carbonyl (C=O) groups excluding carboxylic acids is 1. The summed E-state index contributed by atoms with van der Waals surface area (Å²) in [5.74, 6) is 3.09. The zero-order valence-electron chi connectivity index (χ0n) is 19.2. The summed E-state index contributed by atoms with van der Waals surface area (Å²) >= 11 is 0. The molecular weight excluding hydrogens is 420 g/mol. The molecule has 5 rings (SSSR count).